The van der Waals surface area contributed by atoms with E-state index in [1.54, 1.807) is 30.0 Å². The van der Waals surface area contributed by atoms with E-state index in [1.165, 1.54) is 20.2 Å². The molecule has 2 aromatic rings. The van der Waals surface area contributed by atoms with E-state index in [0.717, 1.165) is 19.3 Å². The van der Waals surface area contributed by atoms with Gasteiger partial charge >= 0.3 is 0 Å². The van der Waals surface area contributed by atoms with Crippen LogP contribution in [0.2, 0.25) is 0 Å². The Morgan fingerprint density at radius 3 is 2.71 bits per heavy atom. The summed E-state index contributed by atoms with van der Waals surface area (Å²) in [4.78, 5) is 47.2. The maximum atomic E-state index is 12.8. The first-order valence-electron chi connectivity index (χ1n) is 10.2. The van der Waals surface area contributed by atoms with Gasteiger partial charge in [0.2, 0.25) is 11.8 Å². The Morgan fingerprint density at radius 1 is 1.23 bits per heavy atom. The third kappa shape index (κ3) is 5.36. The molecule has 2 heterocycles. The number of carbonyl (C=O) groups is 3. The number of piperidine rings is 1. The van der Waals surface area contributed by atoms with E-state index >= 15 is 0 Å². The van der Waals surface area contributed by atoms with Crippen LogP contribution in [0.15, 0.2) is 30.5 Å². The van der Waals surface area contributed by atoms with Crippen molar-refractivity contribution in [3.8, 4) is 5.75 Å². The predicted molar refractivity (Wildman–Crippen MR) is 115 cm³/mol. The summed E-state index contributed by atoms with van der Waals surface area (Å²) in [5.41, 5.74) is 1.43. The fourth-order valence-corrected chi connectivity index (χ4v) is 3.61. The largest absolute Gasteiger partial charge is 0.495 e. The van der Waals surface area contributed by atoms with E-state index in [-0.39, 0.29) is 30.3 Å². The van der Waals surface area contributed by atoms with Gasteiger partial charge in [-0.25, -0.2) is 9.97 Å². The number of anilines is 1. The molecule has 0 spiro atoms. The average Bonchev–Trinajstić information content (AvgIpc) is 2.77. The molecule has 1 saturated heterocycles. The molecule has 1 fully saturated rings. The van der Waals surface area contributed by atoms with Gasteiger partial charge in [-0.1, -0.05) is 12.1 Å². The first-order valence-corrected chi connectivity index (χ1v) is 10.2. The summed E-state index contributed by atoms with van der Waals surface area (Å²) in [5.74, 6) is 0.304. The predicted octanol–water partition coefficient (Wildman–Crippen LogP) is 2.24. The molecule has 9 nitrogen and oxygen atoms in total. The van der Waals surface area contributed by atoms with Crippen LogP contribution in [-0.2, 0) is 9.59 Å². The highest BCUT2D eigenvalue weighted by Gasteiger charge is 2.30. The number of amides is 3. The number of likely N-dealkylation sites (tertiary alicyclic amines) is 1. The van der Waals surface area contributed by atoms with Crippen LogP contribution >= 0.6 is 0 Å². The minimum absolute atomic E-state index is 0.0514. The maximum absolute atomic E-state index is 12.8. The molecule has 9 heteroatoms. The van der Waals surface area contributed by atoms with Crippen molar-refractivity contribution in [1.82, 2.24) is 20.2 Å². The second-order valence-electron chi connectivity index (χ2n) is 7.39. The molecule has 1 aliphatic rings. The molecule has 2 N–H and O–H groups in total. The van der Waals surface area contributed by atoms with E-state index in [2.05, 4.69) is 20.6 Å². The monoisotopic (exact) mass is 425 g/mol. The van der Waals surface area contributed by atoms with Crippen LogP contribution in [0.25, 0.3) is 0 Å². The van der Waals surface area contributed by atoms with Gasteiger partial charge in [-0.05, 0) is 38.3 Å². The lowest BCUT2D eigenvalue weighted by Gasteiger charge is -2.35. The van der Waals surface area contributed by atoms with Crippen LogP contribution in [0.5, 0.6) is 5.75 Å². The summed E-state index contributed by atoms with van der Waals surface area (Å²) in [6, 6.07) is 6.86. The molecule has 1 aliphatic heterocycles. The van der Waals surface area contributed by atoms with E-state index in [0.29, 0.717) is 35.1 Å². The number of benzene rings is 1. The number of nitrogens with zero attached hydrogens (tertiary/aromatic N) is 3. The zero-order valence-corrected chi connectivity index (χ0v) is 18.0. The van der Waals surface area contributed by atoms with Crippen molar-refractivity contribution in [2.75, 3.05) is 25.5 Å². The molecule has 0 saturated carbocycles. The second kappa shape index (κ2) is 10.0. The Kier molecular flexibility index (Phi) is 7.17. The highest BCUT2D eigenvalue weighted by molar-refractivity contribution is 6.05. The van der Waals surface area contributed by atoms with Crippen molar-refractivity contribution in [2.24, 2.45) is 0 Å². The standard InChI is InChI=1S/C22H27N5O4/c1-14-16(22(30)26-17-8-4-5-10-19(17)31-3)12-24-21(25-14)18-9-6-7-11-27(18)20(29)13-23-15(2)28/h4-5,8,10,12,18H,6-7,9,11,13H2,1-3H3,(H,23,28)(H,26,30)/t18-/m0/s1. The molecule has 3 rings (SSSR count). The number of hydrogen-bond acceptors (Lipinski definition) is 6. The molecule has 164 valence electrons. The smallest absolute Gasteiger partial charge is 0.259 e. The van der Waals surface area contributed by atoms with Crippen molar-refractivity contribution in [3.63, 3.8) is 0 Å². The topological polar surface area (TPSA) is 114 Å². The molecule has 31 heavy (non-hydrogen) atoms. The van der Waals surface area contributed by atoms with Gasteiger partial charge in [0.05, 0.1) is 36.6 Å². The molecule has 1 aromatic heterocycles. The highest BCUT2D eigenvalue weighted by Crippen LogP contribution is 2.29. The fraction of sp³-hybridized carbons (Fsp3) is 0.409. The molecular formula is C22H27N5O4. The molecule has 1 aromatic carbocycles. The number of nitrogens with one attached hydrogen (secondary N) is 2. The molecule has 1 atom stereocenters. The molecule has 0 radical (unpaired) electrons. The molecule has 3 amide bonds. The van der Waals surface area contributed by atoms with Gasteiger partial charge in [0, 0.05) is 19.7 Å². The molecule has 0 unspecified atom stereocenters. The Labute approximate surface area is 181 Å². The first kappa shape index (κ1) is 22.2. The summed E-state index contributed by atoms with van der Waals surface area (Å²) in [6.45, 7) is 3.66. The van der Waals surface area contributed by atoms with E-state index in [9.17, 15) is 14.4 Å². The summed E-state index contributed by atoms with van der Waals surface area (Å²) in [5, 5.41) is 5.37. The van der Waals surface area contributed by atoms with Crippen LogP contribution < -0.4 is 15.4 Å². The fourth-order valence-electron chi connectivity index (χ4n) is 3.61. The molecule has 0 aliphatic carbocycles. The van der Waals surface area contributed by atoms with Crippen molar-refractivity contribution >= 4 is 23.4 Å². The van der Waals surface area contributed by atoms with Crippen LogP contribution in [0.1, 0.15) is 54.1 Å². The van der Waals surface area contributed by atoms with Gasteiger partial charge in [0.15, 0.2) is 5.82 Å². The van der Waals surface area contributed by atoms with Crippen molar-refractivity contribution < 1.29 is 19.1 Å². The first-order chi connectivity index (χ1) is 14.9. The average molecular weight is 425 g/mol. The van der Waals surface area contributed by atoms with Crippen molar-refractivity contribution in [2.45, 2.75) is 39.2 Å². The summed E-state index contributed by atoms with van der Waals surface area (Å²) in [6.07, 6.45) is 4.07. The van der Waals surface area contributed by atoms with Crippen LogP contribution in [-0.4, -0.2) is 52.8 Å². The van der Waals surface area contributed by atoms with E-state index in [4.69, 9.17) is 4.74 Å². The number of para-hydroxylation sites is 2. The van der Waals surface area contributed by atoms with Crippen molar-refractivity contribution in [1.29, 1.82) is 0 Å². The lowest BCUT2D eigenvalue weighted by Crippen LogP contribution is -2.44. The normalized spacial score (nSPS) is 15.8. The number of hydrogen-bond donors (Lipinski definition) is 2. The number of methoxy groups -OCH3 is 1. The number of aromatic nitrogens is 2. The Morgan fingerprint density at radius 2 is 2.00 bits per heavy atom. The number of rotatable bonds is 6. The quantitative estimate of drug-likeness (QED) is 0.734. The van der Waals surface area contributed by atoms with Crippen LogP contribution in [0.4, 0.5) is 5.69 Å². The Balaban J connectivity index is 1.77. The minimum atomic E-state index is -0.337. The van der Waals surface area contributed by atoms with E-state index in [1.807, 2.05) is 6.07 Å². The van der Waals surface area contributed by atoms with Gasteiger partial charge in [0.1, 0.15) is 5.75 Å². The number of aryl methyl sites for hydroxylation is 1. The zero-order chi connectivity index (χ0) is 22.4. The number of carbonyl (C=O) groups excluding carboxylic acids is 3. The van der Waals surface area contributed by atoms with Gasteiger partial charge in [0.25, 0.3) is 5.91 Å². The third-order valence-corrected chi connectivity index (χ3v) is 5.21. The Bertz CT molecular complexity index is 978. The number of ether oxygens (including phenoxy) is 1. The lowest BCUT2D eigenvalue weighted by atomic mass is 10.0. The van der Waals surface area contributed by atoms with Gasteiger partial charge in [-0.15, -0.1) is 0 Å². The SMILES string of the molecule is COc1ccccc1NC(=O)c1cnc([C@@H]2CCCCN2C(=O)CNC(C)=O)nc1C. The molecule has 0 bridgehead atoms. The Hall–Kier alpha value is -3.49. The molecular weight excluding hydrogens is 398 g/mol. The van der Waals surface area contributed by atoms with Gasteiger partial charge in [-0.2, -0.15) is 0 Å². The third-order valence-electron chi connectivity index (χ3n) is 5.21. The summed E-state index contributed by atoms with van der Waals surface area (Å²) in [7, 11) is 1.54. The van der Waals surface area contributed by atoms with Crippen LogP contribution in [0.3, 0.4) is 0 Å². The second-order valence-corrected chi connectivity index (χ2v) is 7.39. The van der Waals surface area contributed by atoms with Crippen molar-refractivity contribution in [3.05, 3.63) is 47.5 Å². The summed E-state index contributed by atoms with van der Waals surface area (Å²) < 4.78 is 5.27. The van der Waals surface area contributed by atoms with Gasteiger partial charge < -0.3 is 20.3 Å². The lowest BCUT2D eigenvalue weighted by molar-refractivity contribution is -0.136. The highest BCUT2D eigenvalue weighted by atomic mass is 16.5. The summed E-state index contributed by atoms with van der Waals surface area (Å²) >= 11 is 0. The van der Waals surface area contributed by atoms with Crippen LogP contribution in [0, 0.1) is 6.92 Å². The van der Waals surface area contributed by atoms with E-state index < -0.39 is 0 Å². The minimum Gasteiger partial charge on any atom is -0.495 e. The zero-order valence-electron chi connectivity index (χ0n) is 18.0. The van der Waals surface area contributed by atoms with Gasteiger partial charge in [-0.3, -0.25) is 14.4 Å². The maximum Gasteiger partial charge on any atom is 0.259 e.